The topological polar surface area (TPSA) is 76.7 Å². The van der Waals surface area contributed by atoms with Gasteiger partial charge in [0.1, 0.15) is 0 Å². The highest BCUT2D eigenvalue weighted by Crippen LogP contribution is 2.28. The summed E-state index contributed by atoms with van der Waals surface area (Å²) in [5, 5.41) is 5.32. The van der Waals surface area contributed by atoms with Crippen LogP contribution in [0.3, 0.4) is 0 Å². The van der Waals surface area contributed by atoms with Crippen LogP contribution in [0.25, 0.3) is 10.9 Å². The fraction of sp³-hybridized carbons (Fsp3) is 0.267. The maximum atomic E-state index is 5.78. The molecule has 2 aromatic heterocycles. The number of aryl methyl sites for hydroxylation is 1. The molecule has 0 fully saturated rings. The molecule has 0 saturated carbocycles. The van der Waals surface area contributed by atoms with Gasteiger partial charge in [0.05, 0.1) is 22.1 Å². The fourth-order valence-electron chi connectivity index (χ4n) is 2.41. The third kappa shape index (κ3) is 2.78. The molecule has 3 N–H and O–H groups in total. The molecule has 0 amide bonds. The van der Waals surface area contributed by atoms with Crippen molar-refractivity contribution in [3.8, 4) is 0 Å². The number of hydrogen-bond acceptors (Lipinski definition) is 6. The van der Waals surface area contributed by atoms with Crippen LogP contribution in [0.5, 0.6) is 0 Å². The van der Waals surface area contributed by atoms with Crippen molar-refractivity contribution in [3.05, 3.63) is 52.7 Å². The molecule has 3 rings (SSSR count). The van der Waals surface area contributed by atoms with Crippen LogP contribution in [0.1, 0.15) is 35.5 Å². The van der Waals surface area contributed by atoms with Gasteiger partial charge >= 0.3 is 0 Å². The van der Waals surface area contributed by atoms with Crippen LogP contribution in [0.4, 0.5) is 0 Å². The standard InChI is InChI=1S/C15H17N5S/c1-2-5-13-15(21-20-19-13)14(18-16)11-8-10-6-3-4-7-12(10)17-9-11/h3-4,6-9,14,18H,2,5,16H2,1H3. The summed E-state index contributed by atoms with van der Waals surface area (Å²) in [5.41, 5.74) is 5.89. The molecule has 1 aromatic carbocycles. The molecule has 0 saturated heterocycles. The van der Waals surface area contributed by atoms with E-state index in [0.29, 0.717) is 0 Å². The first-order valence-corrected chi connectivity index (χ1v) is 7.72. The molecule has 21 heavy (non-hydrogen) atoms. The van der Waals surface area contributed by atoms with Gasteiger partial charge in [0.25, 0.3) is 0 Å². The van der Waals surface area contributed by atoms with Crippen molar-refractivity contribution in [2.75, 3.05) is 0 Å². The lowest BCUT2D eigenvalue weighted by Gasteiger charge is -2.15. The summed E-state index contributed by atoms with van der Waals surface area (Å²) < 4.78 is 4.07. The number of para-hydroxylation sites is 1. The molecule has 5 nitrogen and oxygen atoms in total. The normalized spacial score (nSPS) is 12.7. The number of aromatic nitrogens is 3. The maximum absolute atomic E-state index is 5.78. The summed E-state index contributed by atoms with van der Waals surface area (Å²) in [6.45, 7) is 2.13. The minimum Gasteiger partial charge on any atom is -0.271 e. The monoisotopic (exact) mass is 299 g/mol. The molecule has 6 heteroatoms. The molecule has 3 aromatic rings. The van der Waals surface area contributed by atoms with Crippen LogP contribution in [-0.4, -0.2) is 14.6 Å². The molecule has 2 heterocycles. The SMILES string of the molecule is CCCc1nnsc1C(NN)c1cnc2ccccc2c1. The summed E-state index contributed by atoms with van der Waals surface area (Å²) in [7, 11) is 0. The Labute approximate surface area is 127 Å². The number of nitrogens with zero attached hydrogens (tertiary/aromatic N) is 3. The number of hydrazine groups is 1. The highest BCUT2D eigenvalue weighted by Gasteiger charge is 2.20. The van der Waals surface area contributed by atoms with Gasteiger partial charge in [-0.1, -0.05) is 36.0 Å². The van der Waals surface area contributed by atoms with Crippen molar-refractivity contribution in [1.82, 2.24) is 20.0 Å². The third-order valence-electron chi connectivity index (χ3n) is 3.45. The Morgan fingerprint density at radius 2 is 2.19 bits per heavy atom. The van der Waals surface area contributed by atoms with E-state index in [2.05, 4.69) is 39.1 Å². The number of benzene rings is 1. The minimum absolute atomic E-state index is 0.122. The average Bonchev–Trinajstić information content (AvgIpc) is 2.97. The van der Waals surface area contributed by atoms with Gasteiger partial charge in [0.2, 0.25) is 0 Å². The zero-order chi connectivity index (χ0) is 14.7. The molecule has 0 spiro atoms. The third-order valence-corrected chi connectivity index (χ3v) is 4.28. The Balaban J connectivity index is 2.03. The maximum Gasteiger partial charge on any atom is 0.0852 e. The number of hydrogen-bond donors (Lipinski definition) is 2. The van der Waals surface area contributed by atoms with Crippen molar-refractivity contribution in [1.29, 1.82) is 0 Å². The predicted octanol–water partition coefficient (Wildman–Crippen LogP) is 2.59. The van der Waals surface area contributed by atoms with E-state index in [9.17, 15) is 0 Å². The van der Waals surface area contributed by atoms with E-state index in [4.69, 9.17) is 5.84 Å². The molecule has 0 aliphatic carbocycles. The lowest BCUT2D eigenvalue weighted by atomic mass is 10.0. The van der Waals surface area contributed by atoms with Crippen molar-refractivity contribution >= 4 is 22.4 Å². The van der Waals surface area contributed by atoms with Gasteiger partial charge in [-0.25, -0.2) is 5.43 Å². The van der Waals surface area contributed by atoms with Gasteiger partial charge in [-0.3, -0.25) is 10.8 Å². The Bertz CT molecular complexity index is 740. The van der Waals surface area contributed by atoms with E-state index in [1.54, 1.807) is 0 Å². The molecule has 0 radical (unpaired) electrons. The first-order valence-electron chi connectivity index (χ1n) is 6.95. The Hall–Kier alpha value is -1.89. The van der Waals surface area contributed by atoms with E-state index in [1.807, 2.05) is 24.4 Å². The highest BCUT2D eigenvalue weighted by molar-refractivity contribution is 7.05. The smallest absolute Gasteiger partial charge is 0.0852 e. The van der Waals surface area contributed by atoms with E-state index < -0.39 is 0 Å². The quantitative estimate of drug-likeness (QED) is 0.559. The molecule has 1 atom stereocenters. The highest BCUT2D eigenvalue weighted by atomic mass is 32.1. The fourth-order valence-corrected chi connectivity index (χ4v) is 3.20. The Morgan fingerprint density at radius 1 is 1.33 bits per heavy atom. The number of nitrogens with two attached hydrogens (primary N) is 1. The summed E-state index contributed by atoms with van der Waals surface area (Å²) in [5.74, 6) is 5.78. The molecule has 0 bridgehead atoms. The van der Waals surface area contributed by atoms with Crippen LogP contribution < -0.4 is 11.3 Å². The first-order chi connectivity index (χ1) is 10.3. The molecular weight excluding hydrogens is 282 g/mol. The first kappa shape index (κ1) is 14.1. The molecule has 108 valence electrons. The van der Waals surface area contributed by atoms with Crippen LogP contribution >= 0.6 is 11.5 Å². The van der Waals surface area contributed by atoms with E-state index in [0.717, 1.165) is 39.9 Å². The summed E-state index contributed by atoms with van der Waals surface area (Å²) in [6, 6.07) is 10.0. The molecule has 1 unspecified atom stereocenters. The summed E-state index contributed by atoms with van der Waals surface area (Å²) in [4.78, 5) is 5.57. The lowest BCUT2D eigenvalue weighted by Crippen LogP contribution is -2.29. The predicted molar refractivity (Wildman–Crippen MR) is 84.8 cm³/mol. The van der Waals surface area contributed by atoms with Gasteiger partial charge in [0.15, 0.2) is 0 Å². The minimum atomic E-state index is -0.122. The second kappa shape index (κ2) is 6.26. The van der Waals surface area contributed by atoms with Gasteiger partial charge < -0.3 is 0 Å². The number of rotatable bonds is 5. The van der Waals surface area contributed by atoms with Crippen LogP contribution in [0.2, 0.25) is 0 Å². The van der Waals surface area contributed by atoms with Crippen molar-refractivity contribution < 1.29 is 0 Å². The average molecular weight is 299 g/mol. The number of pyridine rings is 1. The van der Waals surface area contributed by atoms with Gasteiger partial charge in [-0.2, -0.15) is 0 Å². The summed E-state index contributed by atoms with van der Waals surface area (Å²) in [6.07, 6.45) is 3.80. The van der Waals surface area contributed by atoms with Crippen LogP contribution in [0, 0.1) is 0 Å². The second-order valence-corrected chi connectivity index (χ2v) is 5.68. The zero-order valence-electron chi connectivity index (χ0n) is 11.8. The van der Waals surface area contributed by atoms with E-state index >= 15 is 0 Å². The van der Waals surface area contributed by atoms with Gasteiger partial charge in [-0.15, -0.1) is 5.10 Å². The lowest BCUT2D eigenvalue weighted by molar-refractivity contribution is 0.635. The summed E-state index contributed by atoms with van der Waals surface area (Å²) >= 11 is 1.39. The van der Waals surface area contributed by atoms with Crippen molar-refractivity contribution in [3.63, 3.8) is 0 Å². The van der Waals surface area contributed by atoms with Crippen molar-refractivity contribution in [2.45, 2.75) is 25.8 Å². The number of nitrogens with one attached hydrogen (secondary N) is 1. The van der Waals surface area contributed by atoms with Crippen LogP contribution in [-0.2, 0) is 6.42 Å². The van der Waals surface area contributed by atoms with E-state index in [1.165, 1.54) is 11.5 Å². The van der Waals surface area contributed by atoms with E-state index in [-0.39, 0.29) is 6.04 Å². The number of fused-ring (bicyclic) bond motifs is 1. The largest absolute Gasteiger partial charge is 0.271 e. The van der Waals surface area contributed by atoms with Crippen molar-refractivity contribution in [2.24, 2.45) is 5.84 Å². The zero-order valence-corrected chi connectivity index (χ0v) is 12.6. The molecule has 0 aliphatic heterocycles. The Kier molecular flexibility index (Phi) is 4.19. The van der Waals surface area contributed by atoms with Gasteiger partial charge in [-0.05, 0) is 35.6 Å². The second-order valence-electron chi connectivity index (χ2n) is 4.89. The molecular formula is C15H17N5S. The van der Waals surface area contributed by atoms with Gasteiger partial charge in [0, 0.05) is 11.6 Å². The Morgan fingerprint density at radius 3 is 3.00 bits per heavy atom. The van der Waals surface area contributed by atoms with Crippen LogP contribution in [0.15, 0.2) is 36.5 Å². The molecule has 0 aliphatic rings.